The molecule has 1 saturated heterocycles. The molecule has 8 heteroatoms. The van der Waals surface area contributed by atoms with Crippen LogP contribution in [0, 0.1) is 0 Å². The molecule has 1 amide bonds. The molecule has 8 nitrogen and oxygen atoms in total. The Hall–Kier alpha value is -1.93. The molecule has 3 rings (SSSR count). The third kappa shape index (κ3) is 4.68. The summed E-state index contributed by atoms with van der Waals surface area (Å²) in [6, 6.07) is 0.279. The second-order valence-corrected chi connectivity index (χ2v) is 7.68. The van der Waals surface area contributed by atoms with Crippen molar-refractivity contribution in [2.45, 2.75) is 45.2 Å². The predicted molar refractivity (Wildman–Crippen MR) is 106 cm³/mol. The maximum absolute atomic E-state index is 11.7. The predicted octanol–water partition coefficient (Wildman–Crippen LogP) is 0.706. The van der Waals surface area contributed by atoms with Crippen LogP contribution in [0.2, 0.25) is 0 Å². The summed E-state index contributed by atoms with van der Waals surface area (Å²) in [5, 5.41) is 13.1. The van der Waals surface area contributed by atoms with E-state index < -0.39 is 0 Å². The van der Waals surface area contributed by atoms with Gasteiger partial charge in [-0.15, -0.1) is 0 Å². The van der Waals surface area contributed by atoms with Crippen LogP contribution in [0.4, 0.5) is 11.8 Å². The van der Waals surface area contributed by atoms with Gasteiger partial charge in [0.05, 0.1) is 18.8 Å². The van der Waals surface area contributed by atoms with E-state index in [1.165, 1.54) is 12.8 Å². The average molecular weight is 377 g/mol. The molecule has 0 aliphatic carbocycles. The summed E-state index contributed by atoms with van der Waals surface area (Å²) in [5.74, 6) is 1.62. The first-order chi connectivity index (χ1) is 13.0. The molecular formula is C19H32N6O2. The number of hydrogen-bond acceptors (Lipinski definition) is 7. The number of rotatable bonds is 6. The second-order valence-electron chi connectivity index (χ2n) is 7.68. The molecule has 0 radical (unpaired) electrons. The number of nitrogens with one attached hydrogen (secondary N) is 1. The van der Waals surface area contributed by atoms with Crippen LogP contribution in [0.15, 0.2) is 0 Å². The van der Waals surface area contributed by atoms with Crippen LogP contribution in [-0.4, -0.2) is 83.7 Å². The number of carbonyl (C=O) groups is 1. The summed E-state index contributed by atoms with van der Waals surface area (Å²) in [5.41, 5.74) is 2.05. The Bertz CT molecular complexity index is 666. The van der Waals surface area contributed by atoms with Gasteiger partial charge >= 0.3 is 0 Å². The van der Waals surface area contributed by atoms with Crippen molar-refractivity contribution in [3.8, 4) is 0 Å². The summed E-state index contributed by atoms with van der Waals surface area (Å²) in [7, 11) is 3.85. The van der Waals surface area contributed by atoms with Crippen LogP contribution >= 0.6 is 0 Å². The van der Waals surface area contributed by atoms with Gasteiger partial charge in [-0.25, -0.2) is 4.98 Å². The lowest BCUT2D eigenvalue weighted by Gasteiger charge is -2.34. The standard InChI is InChI=1S/C19H32N6O2/c1-14(27)25-10-7-16-17(12-25)21-19(23(2)3)22-18(16)20-8-11-24-9-5-4-6-15(24)13-26/h15,26H,4-13H2,1-3H3,(H,20,21,22)/t15-/m1/s1. The van der Waals surface area contributed by atoms with Crippen LogP contribution in [0.5, 0.6) is 0 Å². The lowest BCUT2D eigenvalue weighted by Crippen LogP contribution is -2.44. The highest BCUT2D eigenvalue weighted by Crippen LogP contribution is 2.26. The van der Waals surface area contributed by atoms with Crippen molar-refractivity contribution in [1.82, 2.24) is 19.8 Å². The highest BCUT2D eigenvalue weighted by molar-refractivity contribution is 5.73. The fraction of sp³-hybridized carbons (Fsp3) is 0.737. The number of piperidine rings is 1. The minimum Gasteiger partial charge on any atom is -0.395 e. The topological polar surface area (TPSA) is 84.8 Å². The Morgan fingerprint density at radius 2 is 2.11 bits per heavy atom. The summed E-state index contributed by atoms with van der Waals surface area (Å²) in [6.07, 6.45) is 4.25. The van der Waals surface area contributed by atoms with Gasteiger partial charge in [0.1, 0.15) is 5.82 Å². The van der Waals surface area contributed by atoms with Crippen molar-refractivity contribution < 1.29 is 9.90 Å². The monoisotopic (exact) mass is 376 g/mol. The molecule has 0 aromatic carbocycles. The lowest BCUT2D eigenvalue weighted by molar-refractivity contribution is -0.129. The first-order valence-corrected chi connectivity index (χ1v) is 9.91. The van der Waals surface area contributed by atoms with E-state index in [1.807, 2.05) is 23.9 Å². The number of carbonyl (C=O) groups excluding carboxylic acids is 1. The first-order valence-electron chi connectivity index (χ1n) is 9.91. The van der Waals surface area contributed by atoms with E-state index in [-0.39, 0.29) is 18.6 Å². The molecule has 3 heterocycles. The zero-order chi connectivity index (χ0) is 19.4. The summed E-state index contributed by atoms with van der Waals surface area (Å²) in [6.45, 7) is 5.81. The lowest BCUT2D eigenvalue weighted by atomic mass is 10.0. The molecule has 0 bridgehead atoms. The molecule has 1 fully saturated rings. The SMILES string of the molecule is CC(=O)N1CCc2c(nc(N(C)C)nc2NCCN2CCCC[C@@H]2CO)C1. The van der Waals surface area contributed by atoms with Gasteiger partial charge < -0.3 is 20.2 Å². The van der Waals surface area contributed by atoms with E-state index in [0.29, 0.717) is 19.0 Å². The van der Waals surface area contributed by atoms with Gasteiger partial charge in [-0.1, -0.05) is 6.42 Å². The molecule has 2 N–H and O–H groups in total. The van der Waals surface area contributed by atoms with Crippen LogP contribution in [0.3, 0.4) is 0 Å². The van der Waals surface area contributed by atoms with Gasteiger partial charge in [0.2, 0.25) is 11.9 Å². The number of hydrogen-bond donors (Lipinski definition) is 2. The normalized spacial score (nSPS) is 20.3. The van der Waals surface area contributed by atoms with Crippen molar-refractivity contribution >= 4 is 17.7 Å². The molecular weight excluding hydrogens is 344 g/mol. The third-order valence-corrected chi connectivity index (χ3v) is 5.55. The van der Waals surface area contributed by atoms with Gasteiger partial charge in [-0.05, 0) is 25.8 Å². The smallest absolute Gasteiger partial charge is 0.227 e. The number of amides is 1. The van der Waals surface area contributed by atoms with Crippen molar-refractivity contribution in [3.05, 3.63) is 11.3 Å². The zero-order valence-corrected chi connectivity index (χ0v) is 16.7. The second kappa shape index (κ2) is 8.84. The van der Waals surface area contributed by atoms with E-state index in [4.69, 9.17) is 4.98 Å². The Morgan fingerprint density at radius 1 is 1.30 bits per heavy atom. The van der Waals surface area contributed by atoms with E-state index in [0.717, 1.165) is 49.6 Å². The first kappa shape index (κ1) is 19.8. The van der Waals surface area contributed by atoms with Gasteiger partial charge in [0.25, 0.3) is 0 Å². The molecule has 1 aromatic heterocycles. The summed E-state index contributed by atoms with van der Waals surface area (Å²) >= 11 is 0. The van der Waals surface area contributed by atoms with Crippen LogP contribution in [0.1, 0.15) is 37.4 Å². The fourth-order valence-electron chi connectivity index (χ4n) is 3.91. The zero-order valence-electron chi connectivity index (χ0n) is 16.7. The van der Waals surface area contributed by atoms with E-state index in [9.17, 15) is 9.90 Å². The third-order valence-electron chi connectivity index (χ3n) is 5.55. The number of aliphatic hydroxyl groups excluding tert-OH is 1. The maximum Gasteiger partial charge on any atom is 0.227 e. The largest absolute Gasteiger partial charge is 0.395 e. The Labute approximate surface area is 161 Å². The Kier molecular flexibility index (Phi) is 6.49. The van der Waals surface area contributed by atoms with Gasteiger partial charge in [-0.3, -0.25) is 9.69 Å². The van der Waals surface area contributed by atoms with Crippen molar-refractivity contribution in [2.75, 3.05) is 57.1 Å². The summed E-state index contributed by atoms with van der Waals surface area (Å²) in [4.78, 5) is 27.2. The highest BCUT2D eigenvalue weighted by atomic mass is 16.3. The van der Waals surface area contributed by atoms with Gasteiger partial charge in [-0.2, -0.15) is 4.98 Å². The van der Waals surface area contributed by atoms with Crippen LogP contribution in [0.25, 0.3) is 0 Å². The molecule has 2 aliphatic rings. The Balaban J connectivity index is 1.71. The average Bonchev–Trinajstić information content (AvgIpc) is 2.67. The number of aromatic nitrogens is 2. The number of aliphatic hydroxyl groups is 1. The molecule has 150 valence electrons. The highest BCUT2D eigenvalue weighted by Gasteiger charge is 2.25. The van der Waals surface area contributed by atoms with Gasteiger partial charge in [0.15, 0.2) is 0 Å². The van der Waals surface area contributed by atoms with E-state index in [1.54, 1.807) is 6.92 Å². The minimum absolute atomic E-state index is 0.0836. The molecule has 1 aromatic rings. The number of anilines is 2. The fourth-order valence-corrected chi connectivity index (χ4v) is 3.91. The molecule has 0 unspecified atom stereocenters. The molecule has 2 aliphatic heterocycles. The van der Waals surface area contributed by atoms with Gasteiger partial charge in [0, 0.05) is 52.3 Å². The summed E-state index contributed by atoms with van der Waals surface area (Å²) < 4.78 is 0. The van der Waals surface area contributed by atoms with E-state index in [2.05, 4.69) is 15.2 Å². The van der Waals surface area contributed by atoms with Crippen molar-refractivity contribution in [1.29, 1.82) is 0 Å². The quantitative estimate of drug-likeness (QED) is 0.756. The van der Waals surface area contributed by atoms with Crippen LogP contribution in [-0.2, 0) is 17.8 Å². The van der Waals surface area contributed by atoms with E-state index >= 15 is 0 Å². The number of likely N-dealkylation sites (tertiary alicyclic amines) is 1. The Morgan fingerprint density at radius 3 is 2.81 bits per heavy atom. The molecule has 0 spiro atoms. The number of nitrogens with zero attached hydrogens (tertiary/aromatic N) is 5. The maximum atomic E-state index is 11.7. The molecule has 1 atom stereocenters. The van der Waals surface area contributed by atoms with Crippen LogP contribution < -0.4 is 10.2 Å². The minimum atomic E-state index is 0.0836. The number of fused-ring (bicyclic) bond motifs is 1. The molecule has 27 heavy (non-hydrogen) atoms. The van der Waals surface area contributed by atoms with Crippen molar-refractivity contribution in [2.24, 2.45) is 0 Å². The molecule has 0 saturated carbocycles. The van der Waals surface area contributed by atoms with Crippen molar-refractivity contribution in [3.63, 3.8) is 0 Å².